The van der Waals surface area contributed by atoms with Gasteiger partial charge < -0.3 is 34.3 Å². The molecule has 1 amide bonds. The standard InChI is InChI=1S/C49H52ClN7O7S.H2S/c1-31-32(2)65-49-45(31)46(34-8-10-38(50)11-9-34)54-43(48-56-55-33(3)57(48)49)30-44(59)53-39-12-14-41(15-13-39)64-26-25-63-24-23-62-22-21-61-20-19-60-18-17-52-47-42(5-4-16-51-47)36-7-6-35-28-40(58)29-37(35)27-36;/h4-16,27,43H,17-26,28-30H2,1-3H3,(H,51,52)(H,53,59);1H2/t43-;/m0./s1. The van der Waals surface area contributed by atoms with Crippen LogP contribution in [0.3, 0.4) is 0 Å². The van der Waals surface area contributed by atoms with E-state index in [1.165, 1.54) is 4.88 Å². The zero-order valence-electron chi connectivity index (χ0n) is 37.2. The summed E-state index contributed by atoms with van der Waals surface area (Å²) in [4.78, 5) is 36.3. The molecule has 0 bridgehead atoms. The maximum Gasteiger partial charge on any atom is 0.227 e. The molecule has 14 nitrogen and oxygen atoms in total. The molecule has 3 aromatic carbocycles. The molecule has 1 aliphatic carbocycles. The van der Waals surface area contributed by atoms with Gasteiger partial charge in [-0.2, -0.15) is 13.5 Å². The number of benzene rings is 3. The molecule has 1 aliphatic heterocycles. The monoisotopic (exact) mass is 951 g/mol. The minimum Gasteiger partial charge on any atom is -0.491 e. The molecule has 6 aromatic rings. The van der Waals surface area contributed by atoms with Crippen molar-refractivity contribution in [3.8, 4) is 21.9 Å². The van der Waals surface area contributed by atoms with E-state index in [1.54, 1.807) is 29.7 Å². The van der Waals surface area contributed by atoms with Gasteiger partial charge >= 0.3 is 0 Å². The summed E-state index contributed by atoms with van der Waals surface area (Å²) in [5.41, 5.74) is 8.77. The van der Waals surface area contributed by atoms with Crippen LogP contribution in [-0.4, -0.2) is 103 Å². The van der Waals surface area contributed by atoms with Gasteiger partial charge in [0, 0.05) is 57.9 Å². The summed E-state index contributed by atoms with van der Waals surface area (Å²) < 4.78 is 30.5. The van der Waals surface area contributed by atoms with Crippen molar-refractivity contribution >= 4 is 65.3 Å². The number of carbonyl (C=O) groups is 2. The van der Waals surface area contributed by atoms with Gasteiger partial charge in [0.2, 0.25) is 5.91 Å². The maximum atomic E-state index is 13.5. The molecule has 0 saturated heterocycles. The minimum absolute atomic E-state index is 0. The van der Waals surface area contributed by atoms with Gasteiger partial charge in [-0.25, -0.2) is 4.98 Å². The Kier molecular flexibility index (Phi) is 17.1. The Morgan fingerprint density at radius 2 is 1.47 bits per heavy atom. The van der Waals surface area contributed by atoms with E-state index in [0.717, 1.165) is 61.3 Å². The number of pyridine rings is 1. The van der Waals surface area contributed by atoms with Crippen LogP contribution in [0.4, 0.5) is 11.5 Å². The molecular weight excluding hydrogens is 898 g/mol. The van der Waals surface area contributed by atoms with Crippen LogP contribution in [0.1, 0.15) is 56.8 Å². The van der Waals surface area contributed by atoms with Gasteiger partial charge in [-0.05, 0) is 91.6 Å². The van der Waals surface area contributed by atoms with Gasteiger partial charge in [0.25, 0.3) is 0 Å². The summed E-state index contributed by atoms with van der Waals surface area (Å²) in [5.74, 6) is 2.87. The number of thiophene rings is 1. The quantitative estimate of drug-likeness (QED) is 0.0632. The molecule has 0 unspecified atom stereocenters. The number of anilines is 2. The first-order chi connectivity index (χ1) is 31.7. The number of carbonyl (C=O) groups excluding carboxylic acids is 2. The van der Waals surface area contributed by atoms with E-state index in [2.05, 4.69) is 51.8 Å². The predicted molar refractivity (Wildman–Crippen MR) is 263 cm³/mol. The number of rotatable bonds is 22. The van der Waals surface area contributed by atoms with Gasteiger partial charge in [-0.1, -0.05) is 41.9 Å². The van der Waals surface area contributed by atoms with Crippen LogP contribution in [0.15, 0.2) is 90.1 Å². The highest BCUT2D eigenvalue weighted by Crippen LogP contribution is 2.40. The first-order valence-corrected chi connectivity index (χ1v) is 22.9. The Labute approximate surface area is 400 Å². The van der Waals surface area contributed by atoms with Crippen molar-refractivity contribution in [2.45, 2.75) is 46.1 Å². The normalized spacial score (nSPS) is 13.8. The molecule has 0 radical (unpaired) electrons. The van der Waals surface area contributed by atoms with E-state index in [9.17, 15) is 9.59 Å². The van der Waals surface area contributed by atoms with Crippen molar-refractivity contribution in [3.63, 3.8) is 0 Å². The lowest BCUT2D eigenvalue weighted by molar-refractivity contribution is -0.117. The van der Waals surface area contributed by atoms with Crippen LogP contribution in [0.25, 0.3) is 16.1 Å². The summed E-state index contributed by atoms with van der Waals surface area (Å²) in [6, 6.07) is 24.4. The third kappa shape index (κ3) is 12.1. The molecular formula is C49H54ClN7O7S2. The number of nitrogens with one attached hydrogen (secondary N) is 2. The fourth-order valence-electron chi connectivity index (χ4n) is 7.77. The zero-order chi connectivity index (χ0) is 45.1. The molecule has 0 fully saturated rings. The van der Waals surface area contributed by atoms with Gasteiger partial charge in [0.1, 0.15) is 40.8 Å². The molecule has 346 valence electrons. The number of nitrogens with zero attached hydrogens (tertiary/aromatic N) is 5. The van der Waals surface area contributed by atoms with Crippen LogP contribution in [0.2, 0.25) is 5.02 Å². The first kappa shape index (κ1) is 48.5. The minimum atomic E-state index is -0.570. The van der Waals surface area contributed by atoms with Gasteiger partial charge in [-0.15, -0.1) is 21.5 Å². The average molecular weight is 953 g/mol. The van der Waals surface area contributed by atoms with Crippen molar-refractivity contribution in [1.29, 1.82) is 0 Å². The Hall–Kier alpha value is -5.46. The first-order valence-electron chi connectivity index (χ1n) is 21.7. The Balaban J connectivity index is 0.00000648. The molecule has 0 saturated carbocycles. The maximum absolute atomic E-state index is 13.5. The fraction of sp³-hybridized carbons (Fsp3) is 0.347. The fourth-order valence-corrected chi connectivity index (χ4v) is 9.11. The molecule has 3 aromatic heterocycles. The van der Waals surface area contributed by atoms with Gasteiger partial charge in [-0.3, -0.25) is 19.1 Å². The summed E-state index contributed by atoms with van der Waals surface area (Å²) >= 11 is 7.92. The molecule has 4 heterocycles. The zero-order valence-corrected chi connectivity index (χ0v) is 39.8. The van der Waals surface area contributed by atoms with Crippen molar-refractivity contribution in [1.82, 2.24) is 19.7 Å². The smallest absolute Gasteiger partial charge is 0.227 e. The molecule has 2 N–H and O–H groups in total. The summed E-state index contributed by atoms with van der Waals surface area (Å²) in [7, 11) is 0. The third-order valence-electron chi connectivity index (χ3n) is 11.1. The lowest BCUT2D eigenvalue weighted by atomic mass is 9.99. The van der Waals surface area contributed by atoms with Crippen LogP contribution in [0.5, 0.6) is 5.75 Å². The lowest BCUT2D eigenvalue weighted by Crippen LogP contribution is -2.17. The second kappa shape index (κ2) is 23.3. The largest absolute Gasteiger partial charge is 0.491 e. The number of ether oxygens (including phenoxy) is 5. The van der Waals surface area contributed by atoms with Crippen molar-refractivity contribution in [2.24, 2.45) is 4.99 Å². The number of halogens is 1. The molecule has 2 aliphatic rings. The molecule has 66 heavy (non-hydrogen) atoms. The average Bonchev–Trinajstić information content (AvgIpc) is 3.94. The van der Waals surface area contributed by atoms with E-state index >= 15 is 0 Å². The molecule has 8 rings (SSSR count). The second-order valence-electron chi connectivity index (χ2n) is 15.7. The van der Waals surface area contributed by atoms with Crippen LogP contribution >= 0.6 is 36.4 Å². The number of hydrogen-bond acceptors (Lipinski definition) is 13. The van der Waals surface area contributed by atoms with Crippen molar-refractivity contribution < 1.29 is 33.3 Å². The van der Waals surface area contributed by atoms with Gasteiger partial charge in [0.15, 0.2) is 5.82 Å². The molecule has 1 atom stereocenters. The second-order valence-corrected chi connectivity index (χ2v) is 17.3. The Morgan fingerprint density at radius 3 is 2.20 bits per heavy atom. The van der Waals surface area contributed by atoms with Crippen LogP contribution < -0.4 is 15.4 Å². The third-order valence-corrected chi connectivity index (χ3v) is 12.6. The number of fused-ring (bicyclic) bond motifs is 4. The van der Waals surface area contributed by atoms with Crippen molar-refractivity contribution in [2.75, 3.05) is 76.6 Å². The number of aryl methyl sites for hydroxylation is 2. The number of aromatic nitrogens is 4. The summed E-state index contributed by atoms with van der Waals surface area (Å²) in [6.45, 7) is 10.7. The van der Waals surface area contributed by atoms with Crippen LogP contribution in [0, 0.1) is 20.8 Å². The highest BCUT2D eigenvalue weighted by Gasteiger charge is 2.32. The van der Waals surface area contributed by atoms with Crippen molar-refractivity contribution in [3.05, 3.63) is 134 Å². The Morgan fingerprint density at radius 1 is 0.803 bits per heavy atom. The predicted octanol–water partition coefficient (Wildman–Crippen LogP) is 8.23. The van der Waals surface area contributed by atoms with Gasteiger partial charge in [0.05, 0.1) is 65.0 Å². The number of Topliss-reactive ketones (excluding diaryl/α,β-unsaturated/α-hetero) is 1. The van der Waals surface area contributed by atoms with E-state index in [4.69, 9.17) is 40.3 Å². The Bertz CT molecular complexity index is 2640. The van der Waals surface area contributed by atoms with Crippen LogP contribution in [-0.2, 0) is 41.4 Å². The van der Waals surface area contributed by atoms with E-state index in [0.29, 0.717) is 101 Å². The number of hydrogen-bond donors (Lipinski definition) is 2. The SMILES string of the molecule is Cc1sc2c(c1C)C(c1ccc(Cl)cc1)=N[C@@H](CC(=O)Nc1ccc(OCCOCCOCCOCCOCCNc3ncccc3-c3ccc4c(c3)CC(=O)C4)cc1)c1nnc(C)n1-2.S. The highest BCUT2D eigenvalue weighted by atomic mass is 35.5. The van der Waals surface area contributed by atoms with E-state index in [-0.39, 0.29) is 31.6 Å². The number of aliphatic imine (C=N–C) groups is 1. The molecule has 17 heteroatoms. The van der Waals surface area contributed by atoms with E-state index < -0.39 is 6.04 Å². The lowest BCUT2D eigenvalue weighted by Gasteiger charge is -2.13. The van der Waals surface area contributed by atoms with E-state index in [1.807, 2.05) is 66.1 Å². The summed E-state index contributed by atoms with van der Waals surface area (Å²) in [5, 5.41) is 16.9. The summed E-state index contributed by atoms with van der Waals surface area (Å²) in [6.07, 6.45) is 2.86. The topological polar surface area (TPSA) is 160 Å². The number of ketones is 1. The molecule has 0 spiro atoms. The number of amides is 1. The highest BCUT2D eigenvalue weighted by molar-refractivity contribution is 7.59.